The van der Waals surface area contributed by atoms with Crippen LogP contribution >= 0.6 is 11.8 Å². The summed E-state index contributed by atoms with van der Waals surface area (Å²) in [6.45, 7) is 3.92. The number of hydrogen-bond donors (Lipinski definition) is 2. The Morgan fingerprint density at radius 1 is 1.47 bits per heavy atom. The lowest BCUT2D eigenvalue weighted by molar-refractivity contribution is -0.142. The van der Waals surface area contributed by atoms with Gasteiger partial charge in [0.15, 0.2) is 0 Å². The molecule has 6 heteroatoms. The highest BCUT2D eigenvalue weighted by molar-refractivity contribution is 8.00. The van der Waals surface area contributed by atoms with E-state index in [9.17, 15) is 9.59 Å². The average molecular weight is 235 g/mol. The fraction of sp³-hybridized carbons (Fsp3) is 0.778. The fourth-order valence-corrected chi connectivity index (χ4v) is 1.90. The monoisotopic (exact) mass is 235 g/mol. The van der Waals surface area contributed by atoms with Crippen molar-refractivity contribution < 1.29 is 19.4 Å². The van der Waals surface area contributed by atoms with Crippen molar-refractivity contribution in [3.8, 4) is 0 Å². The Kier molecular flexibility index (Phi) is 7.15. The second-order valence-corrected chi connectivity index (χ2v) is 4.16. The maximum Gasteiger partial charge on any atom is 0.321 e. The molecule has 0 saturated heterocycles. The topological polar surface area (TPSA) is 89.6 Å². The molecule has 0 aliphatic rings. The van der Waals surface area contributed by atoms with Crippen molar-refractivity contribution in [1.29, 1.82) is 0 Å². The summed E-state index contributed by atoms with van der Waals surface area (Å²) >= 11 is 1.23. The summed E-state index contributed by atoms with van der Waals surface area (Å²) in [7, 11) is 0. The average Bonchev–Trinajstić information content (AvgIpc) is 2.18. The van der Waals surface area contributed by atoms with E-state index >= 15 is 0 Å². The van der Waals surface area contributed by atoms with Crippen LogP contribution in [0.4, 0.5) is 0 Å². The first-order valence-electron chi connectivity index (χ1n) is 4.79. The van der Waals surface area contributed by atoms with Crippen LogP contribution in [-0.2, 0) is 14.3 Å². The zero-order chi connectivity index (χ0) is 11.8. The molecule has 0 fully saturated rings. The van der Waals surface area contributed by atoms with E-state index in [-0.39, 0.29) is 17.0 Å². The summed E-state index contributed by atoms with van der Waals surface area (Å²) in [4.78, 5) is 21.8. The lowest BCUT2D eigenvalue weighted by atomic mass is 10.3. The van der Waals surface area contributed by atoms with Crippen LogP contribution < -0.4 is 5.73 Å². The van der Waals surface area contributed by atoms with Gasteiger partial charge in [-0.05, 0) is 13.3 Å². The van der Waals surface area contributed by atoms with E-state index in [1.165, 1.54) is 11.8 Å². The normalized spacial score (nSPS) is 14.3. The van der Waals surface area contributed by atoms with Gasteiger partial charge in [-0.2, -0.15) is 0 Å². The minimum Gasteiger partial charge on any atom is -0.480 e. The number of aliphatic carboxylic acids is 1. The van der Waals surface area contributed by atoms with E-state index in [0.717, 1.165) is 0 Å². The van der Waals surface area contributed by atoms with Crippen molar-refractivity contribution in [2.24, 2.45) is 5.73 Å². The molecule has 0 aromatic rings. The second-order valence-electron chi connectivity index (χ2n) is 2.93. The van der Waals surface area contributed by atoms with Gasteiger partial charge in [0.2, 0.25) is 0 Å². The van der Waals surface area contributed by atoms with Crippen LogP contribution in [0.5, 0.6) is 0 Å². The Labute approximate surface area is 93.4 Å². The molecule has 0 saturated carbocycles. The molecular formula is C9H17NO4S. The number of carbonyl (C=O) groups excluding carboxylic acids is 1. The van der Waals surface area contributed by atoms with Gasteiger partial charge in [0.1, 0.15) is 11.3 Å². The summed E-state index contributed by atoms with van der Waals surface area (Å²) in [5.41, 5.74) is 5.32. The lowest BCUT2D eigenvalue weighted by Crippen LogP contribution is -2.34. The van der Waals surface area contributed by atoms with Crippen LogP contribution in [0.3, 0.4) is 0 Å². The maximum atomic E-state index is 11.3. The number of thioether (sulfide) groups is 1. The molecule has 0 radical (unpaired) electrons. The Morgan fingerprint density at radius 3 is 2.47 bits per heavy atom. The quantitative estimate of drug-likeness (QED) is 0.624. The molecule has 1 unspecified atom stereocenters. The predicted octanol–water partition coefficient (Wildman–Crippen LogP) is 0.473. The number of carboxylic acid groups (broad SMARTS) is 1. The van der Waals surface area contributed by atoms with Gasteiger partial charge in [-0.15, -0.1) is 11.8 Å². The molecule has 0 aromatic carbocycles. The highest BCUT2D eigenvalue weighted by Crippen LogP contribution is 2.16. The van der Waals surface area contributed by atoms with Gasteiger partial charge in [-0.3, -0.25) is 9.59 Å². The van der Waals surface area contributed by atoms with E-state index in [2.05, 4.69) is 0 Å². The first-order valence-corrected chi connectivity index (χ1v) is 5.84. The Balaban J connectivity index is 3.99. The predicted molar refractivity (Wildman–Crippen MR) is 58.8 cm³/mol. The van der Waals surface area contributed by atoms with Crippen molar-refractivity contribution in [2.75, 3.05) is 12.4 Å². The zero-order valence-electron chi connectivity index (χ0n) is 8.93. The van der Waals surface area contributed by atoms with E-state index in [1.807, 2.05) is 6.92 Å². The van der Waals surface area contributed by atoms with Gasteiger partial charge in [-0.25, -0.2) is 0 Å². The van der Waals surface area contributed by atoms with Gasteiger partial charge in [0.05, 0.1) is 6.61 Å². The van der Waals surface area contributed by atoms with Gasteiger partial charge in [0.25, 0.3) is 0 Å². The second kappa shape index (κ2) is 7.53. The van der Waals surface area contributed by atoms with E-state index in [1.54, 1.807) is 6.92 Å². The molecule has 2 atom stereocenters. The van der Waals surface area contributed by atoms with Crippen molar-refractivity contribution in [3.63, 3.8) is 0 Å². The van der Waals surface area contributed by atoms with Crippen LogP contribution in [0.2, 0.25) is 0 Å². The van der Waals surface area contributed by atoms with Crippen LogP contribution in [0.1, 0.15) is 20.3 Å². The number of carbonyl (C=O) groups is 2. The molecule has 15 heavy (non-hydrogen) atoms. The van der Waals surface area contributed by atoms with Crippen molar-refractivity contribution >= 4 is 23.7 Å². The van der Waals surface area contributed by atoms with Crippen LogP contribution in [0.15, 0.2) is 0 Å². The highest BCUT2D eigenvalue weighted by Gasteiger charge is 2.21. The number of ether oxygens (including phenoxy) is 1. The summed E-state index contributed by atoms with van der Waals surface area (Å²) in [5.74, 6) is -1.14. The third kappa shape index (κ3) is 5.64. The third-order valence-electron chi connectivity index (χ3n) is 1.71. The number of carboxylic acids is 1. The van der Waals surface area contributed by atoms with Crippen LogP contribution in [0, 0.1) is 0 Å². The molecule has 5 nitrogen and oxygen atoms in total. The van der Waals surface area contributed by atoms with E-state index in [0.29, 0.717) is 13.0 Å². The van der Waals surface area contributed by atoms with Crippen LogP contribution in [0.25, 0.3) is 0 Å². The summed E-state index contributed by atoms with van der Waals surface area (Å²) < 4.78 is 4.84. The highest BCUT2D eigenvalue weighted by atomic mass is 32.2. The molecular weight excluding hydrogens is 218 g/mol. The van der Waals surface area contributed by atoms with Gasteiger partial charge in [0, 0.05) is 5.75 Å². The molecule has 0 aromatic heterocycles. The van der Waals surface area contributed by atoms with Gasteiger partial charge >= 0.3 is 11.9 Å². The number of nitrogens with two attached hydrogens (primary N) is 1. The largest absolute Gasteiger partial charge is 0.480 e. The minimum atomic E-state index is -1.05. The standard InChI is InChI=1S/C9H17NO4S/c1-3-7(9(13)14-4-2)15-5-6(10)8(11)12/h6-7H,3-5,10H2,1-2H3,(H,11,12)/t6-,7?/m1/s1. The third-order valence-corrected chi connectivity index (χ3v) is 3.19. The molecule has 88 valence electrons. The van der Waals surface area contributed by atoms with Crippen molar-refractivity contribution in [3.05, 3.63) is 0 Å². The molecule has 0 spiro atoms. The first-order chi connectivity index (χ1) is 7.02. The molecule has 0 rings (SSSR count). The van der Waals surface area contributed by atoms with Crippen LogP contribution in [-0.4, -0.2) is 40.7 Å². The fourth-order valence-electron chi connectivity index (χ4n) is 0.879. The first kappa shape index (κ1) is 14.2. The summed E-state index contributed by atoms with van der Waals surface area (Å²) in [6.07, 6.45) is 0.607. The van der Waals surface area contributed by atoms with E-state index in [4.69, 9.17) is 15.6 Å². The Morgan fingerprint density at radius 2 is 2.07 bits per heavy atom. The molecule has 0 heterocycles. The smallest absolute Gasteiger partial charge is 0.321 e. The minimum absolute atomic E-state index is 0.215. The number of esters is 1. The molecule has 0 aliphatic carbocycles. The number of hydrogen-bond acceptors (Lipinski definition) is 5. The SMILES string of the molecule is CCOC(=O)C(CC)SC[C@@H](N)C(=O)O. The molecule has 0 bridgehead atoms. The van der Waals surface area contributed by atoms with E-state index < -0.39 is 12.0 Å². The maximum absolute atomic E-state index is 11.3. The molecule has 0 aliphatic heterocycles. The van der Waals surface area contributed by atoms with Crippen molar-refractivity contribution in [2.45, 2.75) is 31.6 Å². The van der Waals surface area contributed by atoms with Gasteiger partial charge in [-0.1, -0.05) is 6.92 Å². The lowest BCUT2D eigenvalue weighted by Gasteiger charge is -2.14. The number of rotatable bonds is 7. The van der Waals surface area contributed by atoms with Crippen molar-refractivity contribution in [1.82, 2.24) is 0 Å². The van der Waals surface area contributed by atoms with Gasteiger partial charge < -0.3 is 15.6 Å². The molecule has 3 N–H and O–H groups in total. The molecule has 0 amide bonds. The summed E-state index contributed by atoms with van der Waals surface area (Å²) in [5, 5.41) is 8.23. The zero-order valence-corrected chi connectivity index (χ0v) is 9.75. The Hall–Kier alpha value is -0.750. The Bertz CT molecular complexity index is 222. The summed E-state index contributed by atoms with van der Waals surface area (Å²) in [6, 6.07) is -0.932.